The lowest BCUT2D eigenvalue weighted by Crippen LogP contribution is -2.58. The van der Waals surface area contributed by atoms with Crippen LogP contribution >= 0.6 is 0 Å². The maximum Gasteiger partial charge on any atom is 0.334 e. The van der Waals surface area contributed by atoms with Crippen molar-refractivity contribution in [1.82, 2.24) is 0 Å². The molecule has 0 amide bonds. The lowest BCUT2D eigenvalue weighted by Gasteiger charge is -2.39. The van der Waals surface area contributed by atoms with E-state index >= 15 is 0 Å². The number of esters is 3. The van der Waals surface area contributed by atoms with E-state index < -0.39 is 59.4 Å². The third-order valence-electron chi connectivity index (χ3n) is 5.27. The Morgan fingerprint density at radius 1 is 1.31 bits per heavy atom. The maximum atomic E-state index is 12.7. The first-order valence-corrected chi connectivity index (χ1v) is 9.55. The summed E-state index contributed by atoms with van der Waals surface area (Å²) in [6.07, 6.45) is -1.81. The first-order chi connectivity index (χ1) is 13.4. The second-order valence-corrected chi connectivity index (χ2v) is 8.11. The van der Waals surface area contributed by atoms with Gasteiger partial charge in [0.05, 0.1) is 11.8 Å². The van der Waals surface area contributed by atoms with Crippen molar-refractivity contribution in [2.75, 3.05) is 0 Å². The van der Waals surface area contributed by atoms with Gasteiger partial charge in [-0.15, -0.1) is 0 Å². The molecule has 5 atom stereocenters. The number of aliphatic hydroxyl groups is 1. The number of hydrogen-bond donors (Lipinski definition) is 1. The summed E-state index contributed by atoms with van der Waals surface area (Å²) in [4.78, 5) is 49.2. The Labute approximate surface area is 169 Å². The zero-order valence-electron chi connectivity index (χ0n) is 17.4. The Bertz CT molecular complexity index is 761. The predicted octanol–water partition coefficient (Wildman–Crippen LogP) is 1.64. The van der Waals surface area contributed by atoms with Crippen LogP contribution in [-0.4, -0.2) is 52.7 Å². The lowest BCUT2D eigenvalue weighted by atomic mass is 9.77. The summed E-state index contributed by atoms with van der Waals surface area (Å²) >= 11 is 0. The molecule has 0 aromatic carbocycles. The van der Waals surface area contributed by atoms with Crippen LogP contribution in [0.2, 0.25) is 0 Å². The fourth-order valence-corrected chi connectivity index (χ4v) is 3.53. The highest BCUT2D eigenvalue weighted by Crippen LogP contribution is 2.40. The second-order valence-electron chi connectivity index (χ2n) is 8.11. The fourth-order valence-electron chi connectivity index (χ4n) is 3.53. The van der Waals surface area contributed by atoms with Crippen molar-refractivity contribution in [2.45, 2.75) is 71.4 Å². The average Bonchev–Trinajstić information content (AvgIpc) is 2.88. The van der Waals surface area contributed by atoms with Gasteiger partial charge in [0.25, 0.3) is 0 Å². The van der Waals surface area contributed by atoms with Crippen molar-refractivity contribution in [3.05, 3.63) is 23.8 Å². The molecule has 0 radical (unpaired) electrons. The third-order valence-corrected chi connectivity index (χ3v) is 5.27. The van der Waals surface area contributed by atoms with Crippen LogP contribution in [0, 0.1) is 11.8 Å². The molecule has 2 aliphatic rings. The summed E-state index contributed by atoms with van der Waals surface area (Å²) in [5.74, 6) is -4.10. The molecule has 0 bridgehead atoms. The highest BCUT2D eigenvalue weighted by atomic mass is 16.6. The number of ether oxygens (including phenoxy) is 3. The molecule has 1 aliphatic carbocycles. The minimum absolute atomic E-state index is 0.0327. The van der Waals surface area contributed by atoms with E-state index in [0.29, 0.717) is 0 Å². The minimum Gasteiger partial charge on any atom is -0.458 e. The smallest absolute Gasteiger partial charge is 0.334 e. The topological polar surface area (TPSA) is 116 Å². The highest BCUT2D eigenvalue weighted by Gasteiger charge is 2.55. The molecule has 8 nitrogen and oxygen atoms in total. The molecule has 1 N–H and O–H groups in total. The normalized spacial score (nSPS) is 34.7. The van der Waals surface area contributed by atoms with E-state index in [9.17, 15) is 24.3 Å². The Morgan fingerprint density at radius 3 is 2.48 bits per heavy atom. The number of ketones is 1. The lowest BCUT2D eigenvalue weighted by molar-refractivity contribution is -0.198. The predicted molar refractivity (Wildman–Crippen MR) is 101 cm³/mol. The maximum absolute atomic E-state index is 12.7. The van der Waals surface area contributed by atoms with Crippen molar-refractivity contribution in [3.63, 3.8) is 0 Å². The standard InChI is InChI=1S/C21H28O8/c1-10(2)19(24)29-17-16-12(4)20(25)28-14(16)9-11(3)7-8-15(23)21(6,26)18(17)27-13(5)22/h7,10,14,16-18,26H,4,8-9H2,1-3,5-6H3/b11-7+/t14-,16-,17+,18-,21+/m1/s1. The van der Waals surface area contributed by atoms with Crippen LogP contribution in [0.3, 0.4) is 0 Å². The fraction of sp³-hybridized carbons (Fsp3) is 0.619. The quantitative estimate of drug-likeness (QED) is 0.324. The summed E-state index contributed by atoms with van der Waals surface area (Å²) in [6, 6.07) is 0. The molecule has 8 heteroatoms. The van der Waals surface area contributed by atoms with E-state index in [1.54, 1.807) is 26.8 Å². The number of fused-ring (bicyclic) bond motifs is 1. The van der Waals surface area contributed by atoms with E-state index in [-0.39, 0.29) is 18.4 Å². The van der Waals surface area contributed by atoms with Gasteiger partial charge in [0, 0.05) is 25.3 Å². The van der Waals surface area contributed by atoms with Gasteiger partial charge in [0.15, 0.2) is 23.6 Å². The second kappa shape index (κ2) is 8.49. The van der Waals surface area contributed by atoms with Crippen molar-refractivity contribution < 1.29 is 38.5 Å². The molecule has 0 unspecified atom stereocenters. The Hall–Kier alpha value is -2.48. The van der Waals surface area contributed by atoms with Gasteiger partial charge in [-0.1, -0.05) is 32.1 Å². The molecule has 1 fully saturated rings. The van der Waals surface area contributed by atoms with E-state index in [2.05, 4.69) is 6.58 Å². The van der Waals surface area contributed by atoms with Crippen molar-refractivity contribution in [3.8, 4) is 0 Å². The first-order valence-electron chi connectivity index (χ1n) is 9.55. The monoisotopic (exact) mass is 408 g/mol. The SMILES string of the molecule is C=C1C(=O)O[C@@H]2C/C(C)=C/CC(=O)[C@](C)(O)[C@H](OC(C)=O)[C@@H](OC(=O)C(C)C)[C@H]12. The zero-order valence-corrected chi connectivity index (χ0v) is 17.4. The van der Waals surface area contributed by atoms with E-state index in [1.807, 2.05) is 0 Å². The number of rotatable bonds is 3. The van der Waals surface area contributed by atoms with Gasteiger partial charge in [0.2, 0.25) is 0 Å². The van der Waals surface area contributed by atoms with Crippen LogP contribution in [-0.2, 0) is 33.4 Å². The number of allylic oxidation sites excluding steroid dienone is 1. The molecular formula is C21H28O8. The van der Waals surface area contributed by atoms with Crippen molar-refractivity contribution in [1.29, 1.82) is 0 Å². The van der Waals surface area contributed by atoms with Crippen LogP contribution in [0.15, 0.2) is 23.8 Å². The average molecular weight is 408 g/mol. The van der Waals surface area contributed by atoms with E-state index in [0.717, 1.165) is 12.5 Å². The molecule has 0 aromatic rings. The van der Waals surface area contributed by atoms with Crippen LogP contribution in [0.25, 0.3) is 0 Å². The largest absolute Gasteiger partial charge is 0.458 e. The van der Waals surface area contributed by atoms with Crippen molar-refractivity contribution in [2.24, 2.45) is 11.8 Å². The van der Waals surface area contributed by atoms with Crippen LogP contribution in [0.5, 0.6) is 0 Å². The molecule has 0 saturated carbocycles. The Kier molecular flexibility index (Phi) is 6.67. The molecule has 0 spiro atoms. The highest BCUT2D eigenvalue weighted by molar-refractivity contribution is 5.92. The summed E-state index contributed by atoms with van der Waals surface area (Å²) < 4.78 is 16.3. The zero-order chi connectivity index (χ0) is 22.1. The Morgan fingerprint density at radius 2 is 1.93 bits per heavy atom. The van der Waals surface area contributed by atoms with E-state index in [4.69, 9.17) is 14.2 Å². The first kappa shape index (κ1) is 22.8. The van der Waals surface area contributed by atoms with Gasteiger partial charge >= 0.3 is 17.9 Å². The molecule has 0 aromatic heterocycles. The summed E-state index contributed by atoms with van der Waals surface area (Å²) in [5, 5.41) is 11.1. The summed E-state index contributed by atoms with van der Waals surface area (Å²) in [7, 11) is 0. The van der Waals surface area contributed by atoms with Crippen LogP contribution in [0.4, 0.5) is 0 Å². The van der Waals surface area contributed by atoms with Gasteiger partial charge in [-0.3, -0.25) is 14.4 Å². The van der Waals surface area contributed by atoms with Crippen LogP contribution in [0.1, 0.15) is 47.5 Å². The number of carbonyl (C=O) groups excluding carboxylic acids is 4. The molecule has 1 saturated heterocycles. The number of carbonyl (C=O) groups is 4. The summed E-state index contributed by atoms with van der Waals surface area (Å²) in [6.45, 7) is 11.1. The molecule has 2 rings (SSSR count). The van der Waals surface area contributed by atoms with Gasteiger partial charge in [-0.25, -0.2) is 4.79 Å². The van der Waals surface area contributed by atoms with Gasteiger partial charge in [-0.05, 0) is 13.8 Å². The van der Waals surface area contributed by atoms with Gasteiger partial charge in [0.1, 0.15) is 6.10 Å². The molecule has 160 valence electrons. The minimum atomic E-state index is -2.17. The number of hydrogen-bond acceptors (Lipinski definition) is 8. The van der Waals surface area contributed by atoms with Gasteiger partial charge < -0.3 is 19.3 Å². The molecule has 1 aliphatic heterocycles. The number of Topliss-reactive ketones (excluding diaryl/α,β-unsaturated/α-hetero) is 1. The van der Waals surface area contributed by atoms with E-state index in [1.165, 1.54) is 6.92 Å². The van der Waals surface area contributed by atoms with Gasteiger partial charge in [-0.2, -0.15) is 0 Å². The molecule has 29 heavy (non-hydrogen) atoms. The van der Waals surface area contributed by atoms with Crippen molar-refractivity contribution >= 4 is 23.7 Å². The van der Waals surface area contributed by atoms with Crippen LogP contribution < -0.4 is 0 Å². The molecular weight excluding hydrogens is 380 g/mol. The Balaban J connectivity index is 2.66. The molecule has 1 heterocycles. The third kappa shape index (κ3) is 4.75. The summed E-state index contributed by atoms with van der Waals surface area (Å²) in [5.41, 5.74) is -1.37.